The Morgan fingerprint density at radius 1 is 1.10 bits per heavy atom. The highest BCUT2D eigenvalue weighted by molar-refractivity contribution is 5.95. The van der Waals surface area contributed by atoms with Crippen molar-refractivity contribution < 1.29 is 13.2 Å². The van der Waals surface area contributed by atoms with Crippen LogP contribution >= 0.6 is 0 Å². The molecule has 0 unspecified atom stereocenters. The molecule has 4 rings (SSSR count). The molecule has 0 fully saturated rings. The molecule has 4 aromatic rings. The molecule has 0 bridgehead atoms. The average molecular weight is 403 g/mol. The number of rotatable bonds is 4. The lowest BCUT2D eigenvalue weighted by Gasteiger charge is -2.16. The number of anilines is 1. The van der Waals surface area contributed by atoms with Crippen LogP contribution in [-0.2, 0) is 0 Å². The standard InChI is InChI=1S/C19H20F3N7/c1-9(2)29-11(4)27-17-15(29)5-12(6-23-17)13-7-24-16-14(13)8-25-18(28-16)26-10(3)19(20,21)22/h5-10H,1-4H3,(H2,24,25,26,28)/t10-/m1/s1. The van der Waals surface area contributed by atoms with Crippen LogP contribution in [0.5, 0.6) is 0 Å². The van der Waals surface area contributed by atoms with Crippen LogP contribution in [0.1, 0.15) is 32.6 Å². The summed E-state index contributed by atoms with van der Waals surface area (Å²) in [5.41, 5.74) is 3.70. The smallest absolute Gasteiger partial charge is 0.345 e. The summed E-state index contributed by atoms with van der Waals surface area (Å²) >= 11 is 0. The van der Waals surface area contributed by atoms with Crippen molar-refractivity contribution in [1.82, 2.24) is 29.5 Å². The number of aromatic nitrogens is 6. The van der Waals surface area contributed by atoms with Crippen molar-refractivity contribution in [3.8, 4) is 11.1 Å². The van der Waals surface area contributed by atoms with Gasteiger partial charge in [0.15, 0.2) is 5.65 Å². The second kappa shape index (κ2) is 6.71. The van der Waals surface area contributed by atoms with Crippen molar-refractivity contribution in [3.63, 3.8) is 0 Å². The molecule has 0 saturated heterocycles. The number of imidazole rings is 1. The minimum Gasteiger partial charge on any atom is -0.345 e. The fourth-order valence-corrected chi connectivity index (χ4v) is 3.38. The Morgan fingerprint density at radius 2 is 1.86 bits per heavy atom. The molecule has 4 aromatic heterocycles. The summed E-state index contributed by atoms with van der Waals surface area (Å²) in [4.78, 5) is 20.2. The first-order valence-corrected chi connectivity index (χ1v) is 9.17. The van der Waals surface area contributed by atoms with Gasteiger partial charge in [-0.1, -0.05) is 0 Å². The Balaban J connectivity index is 1.74. The normalized spacial score (nSPS) is 13.5. The minimum atomic E-state index is -4.38. The van der Waals surface area contributed by atoms with Gasteiger partial charge >= 0.3 is 6.18 Å². The number of alkyl halides is 3. The number of hydrogen-bond acceptors (Lipinski definition) is 5. The number of pyridine rings is 1. The summed E-state index contributed by atoms with van der Waals surface area (Å²) < 4.78 is 40.4. The zero-order valence-electron chi connectivity index (χ0n) is 16.3. The van der Waals surface area contributed by atoms with Gasteiger partial charge in [-0.25, -0.2) is 15.0 Å². The van der Waals surface area contributed by atoms with E-state index in [0.717, 1.165) is 29.4 Å². The molecule has 1 atom stereocenters. The summed E-state index contributed by atoms with van der Waals surface area (Å²) in [6.07, 6.45) is 0.606. The summed E-state index contributed by atoms with van der Waals surface area (Å²) in [5.74, 6) is 0.800. The van der Waals surface area contributed by atoms with Crippen molar-refractivity contribution in [1.29, 1.82) is 0 Å². The predicted octanol–water partition coefficient (Wildman–Crippen LogP) is 4.62. The van der Waals surface area contributed by atoms with E-state index >= 15 is 0 Å². The number of fused-ring (bicyclic) bond motifs is 2. The number of aromatic amines is 1. The van der Waals surface area contributed by atoms with Gasteiger partial charge < -0.3 is 14.9 Å². The first-order valence-electron chi connectivity index (χ1n) is 9.17. The highest BCUT2D eigenvalue weighted by atomic mass is 19.4. The molecule has 29 heavy (non-hydrogen) atoms. The van der Waals surface area contributed by atoms with Crippen LogP contribution in [0, 0.1) is 6.92 Å². The van der Waals surface area contributed by atoms with E-state index in [1.165, 1.54) is 6.20 Å². The molecular weight excluding hydrogens is 383 g/mol. The number of halogens is 3. The van der Waals surface area contributed by atoms with Crippen LogP contribution in [0.3, 0.4) is 0 Å². The van der Waals surface area contributed by atoms with Crippen molar-refractivity contribution in [2.75, 3.05) is 5.32 Å². The Kier molecular flexibility index (Phi) is 4.44. The van der Waals surface area contributed by atoms with Crippen LogP contribution in [0.15, 0.2) is 24.7 Å². The van der Waals surface area contributed by atoms with Crippen LogP contribution in [-0.4, -0.2) is 41.7 Å². The predicted molar refractivity (Wildman–Crippen MR) is 105 cm³/mol. The molecule has 152 valence electrons. The largest absolute Gasteiger partial charge is 0.408 e. The monoisotopic (exact) mass is 403 g/mol. The third-order valence-electron chi connectivity index (χ3n) is 4.82. The number of hydrogen-bond donors (Lipinski definition) is 2. The number of aryl methyl sites for hydroxylation is 1. The van der Waals surface area contributed by atoms with E-state index in [2.05, 4.69) is 48.7 Å². The maximum Gasteiger partial charge on any atom is 0.408 e. The topological polar surface area (TPSA) is 84.3 Å². The summed E-state index contributed by atoms with van der Waals surface area (Å²) in [5, 5.41) is 2.98. The molecule has 0 aliphatic heterocycles. The maximum absolute atomic E-state index is 12.8. The molecule has 4 heterocycles. The molecule has 0 saturated carbocycles. The highest BCUT2D eigenvalue weighted by Gasteiger charge is 2.36. The van der Waals surface area contributed by atoms with E-state index in [-0.39, 0.29) is 12.0 Å². The van der Waals surface area contributed by atoms with Gasteiger partial charge in [0.1, 0.15) is 17.5 Å². The van der Waals surface area contributed by atoms with Crippen LogP contribution in [0.4, 0.5) is 19.1 Å². The van der Waals surface area contributed by atoms with E-state index in [1.54, 1.807) is 12.4 Å². The van der Waals surface area contributed by atoms with Crippen molar-refractivity contribution >= 4 is 28.1 Å². The molecular formula is C19H20F3N7. The van der Waals surface area contributed by atoms with Crippen LogP contribution in [0.2, 0.25) is 0 Å². The first-order chi connectivity index (χ1) is 13.6. The van der Waals surface area contributed by atoms with E-state index in [4.69, 9.17) is 0 Å². The zero-order valence-corrected chi connectivity index (χ0v) is 16.3. The fourth-order valence-electron chi connectivity index (χ4n) is 3.38. The molecule has 2 N–H and O–H groups in total. The van der Waals surface area contributed by atoms with E-state index in [1.807, 2.05) is 13.0 Å². The molecule has 0 amide bonds. The Hall–Kier alpha value is -3.17. The summed E-state index contributed by atoms with van der Waals surface area (Å²) in [6.45, 7) is 7.12. The molecule has 0 aromatic carbocycles. The molecule has 0 radical (unpaired) electrons. The average Bonchev–Trinajstić information content (AvgIpc) is 3.19. The second-order valence-electron chi connectivity index (χ2n) is 7.26. The van der Waals surface area contributed by atoms with E-state index in [0.29, 0.717) is 16.7 Å². The molecule has 0 spiro atoms. The van der Waals surface area contributed by atoms with Gasteiger partial charge in [-0.3, -0.25) is 0 Å². The van der Waals surface area contributed by atoms with Crippen LogP contribution in [0.25, 0.3) is 33.3 Å². The van der Waals surface area contributed by atoms with E-state index < -0.39 is 12.2 Å². The first kappa shape index (κ1) is 19.2. The minimum absolute atomic E-state index is 0.0854. The molecule has 7 nitrogen and oxygen atoms in total. The Bertz CT molecular complexity index is 1190. The molecule has 0 aliphatic rings. The van der Waals surface area contributed by atoms with Gasteiger partial charge in [0.05, 0.1) is 5.52 Å². The highest BCUT2D eigenvalue weighted by Crippen LogP contribution is 2.31. The second-order valence-corrected chi connectivity index (χ2v) is 7.26. The van der Waals surface area contributed by atoms with Crippen molar-refractivity contribution in [2.45, 2.75) is 46.0 Å². The number of nitrogens with one attached hydrogen (secondary N) is 2. The van der Waals surface area contributed by atoms with Gasteiger partial charge in [-0.05, 0) is 33.8 Å². The Labute approximate surface area is 164 Å². The molecule has 0 aliphatic carbocycles. The van der Waals surface area contributed by atoms with Crippen molar-refractivity contribution in [3.05, 3.63) is 30.5 Å². The lowest BCUT2D eigenvalue weighted by molar-refractivity contribution is -0.138. The van der Waals surface area contributed by atoms with Gasteiger partial charge in [0.25, 0.3) is 0 Å². The van der Waals surface area contributed by atoms with Crippen molar-refractivity contribution in [2.24, 2.45) is 0 Å². The SMILES string of the molecule is Cc1nc2ncc(-c3c[nH]c4nc(N[C@H](C)C(F)(F)F)ncc34)cc2n1C(C)C. The van der Waals surface area contributed by atoms with Gasteiger partial charge in [0, 0.05) is 41.1 Å². The summed E-state index contributed by atoms with van der Waals surface area (Å²) in [6, 6.07) is 0.483. The van der Waals surface area contributed by atoms with Gasteiger partial charge in [-0.15, -0.1) is 0 Å². The number of nitrogens with zero attached hydrogens (tertiary/aromatic N) is 5. The Morgan fingerprint density at radius 3 is 2.55 bits per heavy atom. The molecule has 10 heteroatoms. The lowest BCUT2D eigenvalue weighted by atomic mass is 10.1. The maximum atomic E-state index is 12.8. The van der Waals surface area contributed by atoms with Gasteiger partial charge in [-0.2, -0.15) is 18.2 Å². The van der Waals surface area contributed by atoms with E-state index in [9.17, 15) is 13.2 Å². The van der Waals surface area contributed by atoms with Gasteiger partial charge in [0.2, 0.25) is 5.95 Å². The summed E-state index contributed by atoms with van der Waals surface area (Å²) in [7, 11) is 0. The third-order valence-corrected chi connectivity index (χ3v) is 4.82. The fraction of sp³-hybridized carbons (Fsp3) is 0.368. The zero-order chi connectivity index (χ0) is 20.9. The third kappa shape index (κ3) is 3.39. The van der Waals surface area contributed by atoms with Crippen LogP contribution < -0.4 is 5.32 Å². The lowest BCUT2D eigenvalue weighted by Crippen LogP contribution is -2.33. The quantitative estimate of drug-likeness (QED) is 0.519. The number of H-pyrrole nitrogens is 1.